The van der Waals surface area contributed by atoms with E-state index in [1.54, 1.807) is 29.2 Å². The van der Waals surface area contributed by atoms with Crippen LogP contribution in [0.15, 0.2) is 45.5 Å². The van der Waals surface area contributed by atoms with Gasteiger partial charge in [0.05, 0.1) is 6.67 Å². The average molecular weight is 560 g/mol. The van der Waals surface area contributed by atoms with Crippen LogP contribution in [-0.4, -0.2) is 39.4 Å². The molecule has 1 aromatic carbocycles. The molecule has 0 radical (unpaired) electrons. The molecule has 0 N–H and O–H groups in total. The van der Waals surface area contributed by atoms with Gasteiger partial charge in [-0.2, -0.15) is 23.1 Å². The zero-order valence-corrected chi connectivity index (χ0v) is 21.8. The molecule has 7 rings (SSSR count). The molecule has 212 valence electrons. The summed E-state index contributed by atoms with van der Waals surface area (Å²) in [4.78, 5) is 23.3. The Morgan fingerprint density at radius 3 is 2.40 bits per heavy atom. The lowest BCUT2D eigenvalue weighted by molar-refractivity contribution is -0.159. The topological polar surface area (TPSA) is 98.2 Å². The van der Waals surface area contributed by atoms with Crippen molar-refractivity contribution >= 4 is 11.6 Å². The lowest BCUT2D eigenvalue weighted by atomic mass is 9.53. The molecule has 8 nitrogen and oxygen atoms in total. The second-order valence-corrected chi connectivity index (χ2v) is 11.4. The molecular weight excluding hydrogens is 530 g/mol. The van der Waals surface area contributed by atoms with Crippen LogP contribution < -0.4 is 4.90 Å². The van der Waals surface area contributed by atoms with Crippen molar-refractivity contribution in [3.8, 4) is 11.4 Å². The standard InChI is InChI=1S/C28H29F4N5O3/c1-17(7-14-29)23(38)37(20-4-2-3-19(15-20)22-34-25(40-36-22)28(30,31)32)16-26-8-11-27(12-9-26,13-10-26)24-33-21(35-39-24)18-5-6-18/h2-4,15,18H,1,5-14,16H2. The fourth-order valence-corrected chi connectivity index (χ4v) is 6.08. The Kier molecular flexibility index (Phi) is 6.53. The summed E-state index contributed by atoms with van der Waals surface area (Å²) in [6.07, 6.45) is 2.42. The number of benzene rings is 1. The number of carbonyl (C=O) groups is 1. The Morgan fingerprint density at radius 2 is 1.77 bits per heavy atom. The molecule has 3 aromatic rings. The zero-order chi connectivity index (χ0) is 28.1. The van der Waals surface area contributed by atoms with Crippen molar-refractivity contribution < 1.29 is 31.4 Å². The molecule has 2 bridgehead atoms. The van der Waals surface area contributed by atoms with Crippen LogP contribution in [0.2, 0.25) is 0 Å². The third-order valence-corrected chi connectivity index (χ3v) is 8.76. The Balaban J connectivity index is 1.25. The SMILES string of the molecule is C=C(CCF)C(=O)N(CC12CCC(c3nc(C4CC4)no3)(CC1)CC2)c1cccc(-c2noc(C(F)(F)F)n2)c1. The van der Waals surface area contributed by atoms with Crippen LogP contribution in [0.1, 0.15) is 81.3 Å². The van der Waals surface area contributed by atoms with E-state index >= 15 is 0 Å². The Morgan fingerprint density at radius 1 is 1.05 bits per heavy atom. The first-order valence-corrected chi connectivity index (χ1v) is 13.5. The van der Waals surface area contributed by atoms with Gasteiger partial charge in [0.25, 0.3) is 5.91 Å². The summed E-state index contributed by atoms with van der Waals surface area (Å²) in [5, 5.41) is 7.69. The number of aromatic nitrogens is 4. The fourth-order valence-electron chi connectivity index (χ4n) is 6.08. The highest BCUT2D eigenvalue weighted by atomic mass is 19.4. The molecule has 4 aliphatic rings. The van der Waals surface area contributed by atoms with Crippen molar-refractivity contribution in [2.24, 2.45) is 5.41 Å². The summed E-state index contributed by atoms with van der Waals surface area (Å²) in [6, 6.07) is 6.40. The highest BCUT2D eigenvalue weighted by Gasteiger charge is 2.53. The predicted octanol–water partition coefficient (Wildman–Crippen LogP) is 6.56. The van der Waals surface area contributed by atoms with E-state index in [1.165, 1.54) is 0 Å². The van der Waals surface area contributed by atoms with Gasteiger partial charge in [0.15, 0.2) is 5.82 Å². The summed E-state index contributed by atoms with van der Waals surface area (Å²) in [5.74, 6) is -0.166. The van der Waals surface area contributed by atoms with Gasteiger partial charge in [0, 0.05) is 41.1 Å². The molecule has 0 unspecified atom stereocenters. The quantitative estimate of drug-likeness (QED) is 0.216. The molecule has 12 heteroatoms. The smallest absolute Gasteiger partial charge is 0.339 e. The zero-order valence-electron chi connectivity index (χ0n) is 21.8. The fraction of sp³-hybridized carbons (Fsp3) is 0.536. The van der Waals surface area contributed by atoms with Crippen LogP contribution in [0.5, 0.6) is 0 Å². The second kappa shape index (κ2) is 9.81. The van der Waals surface area contributed by atoms with Crippen LogP contribution in [0, 0.1) is 5.41 Å². The van der Waals surface area contributed by atoms with E-state index in [0.29, 0.717) is 18.2 Å². The summed E-state index contributed by atoms with van der Waals surface area (Å²) >= 11 is 0. The lowest BCUT2D eigenvalue weighted by Crippen LogP contribution is -2.51. The normalized spacial score (nSPS) is 24.3. The van der Waals surface area contributed by atoms with E-state index in [-0.39, 0.29) is 34.2 Å². The van der Waals surface area contributed by atoms with Gasteiger partial charge in [0.1, 0.15) is 0 Å². The summed E-state index contributed by atoms with van der Waals surface area (Å²) < 4.78 is 62.3. The molecule has 2 heterocycles. The van der Waals surface area contributed by atoms with Gasteiger partial charge in [-0.05, 0) is 68.9 Å². The van der Waals surface area contributed by atoms with Gasteiger partial charge >= 0.3 is 12.1 Å². The number of nitrogens with zero attached hydrogens (tertiary/aromatic N) is 5. The van der Waals surface area contributed by atoms with Crippen LogP contribution >= 0.6 is 0 Å². The minimum Gasteiger partial charge on any atom is -0.339 e. The molecule has 0 spiro atoms. The third kappa shape index (κ3) is 4.92. The van der Waals surface area contributed by atoms with Gasteiger partial charge in [-0.3, -0.25) is 9.18 Å². The van der Waals surface area contributed by atoms with Crippen molar-refractivity contribution in [3.63, 3.8) is 0 Å². The monoisotopic (exact) mass is 559 g/mol. The lowest BCUT2D eigenvalue weighted by Gasteiger charge is -2.53. The average Bonchev–Trinajstić information content (AvgIpc) is 3.45. The van der Waals surface area contributed by atoms with E-state index in [4.69, 9.17) is 9.51 Å². The van der Waals surface area contributed by atoms with Crippen LogP contribution in [0.4, 0.5) is 23.2 Å². The second-order valence-electron chi connectivity index (χ2n) is 11.4. The molecule has 1 amide bonds. The van der Waals surface area contributed by atoms with Crippen molar-refractivity contribution in [2.45, 2.75) is 75.3 Å². The first-order chi connectivity index (χ1) is 19.1. The molecule has 4 fully saturated rings. The maximum atomic E-state index is 13.5. The van der Waals surface area contributed by atoms with Gasteiger partial charge in [-0.25, -0.2) is 0 Å². The summed E-state index contributed by atoms with van der Waals surface area (Å²) in [7, 11) is 0. The molecule has 0 aliphatic heterocycles. The summed E-state index contributed by atoms with van der Waals surface area (Å²) in [5.41, 5.74) is 0.505. The number of fused-ring (bicyclic) bond motifs is 3. The van der Waals surface area contributed by atoms with E-state index in [2.05, 4.69) is 26.4 Å². The number of rotatable bonds is 9. The highest BCUT2D eigenvalue weighted by molar-refractivity contribution is 6.05. The largest absolute Gasteiger partial charge is 0.471 e. The molecule has 2 aromatic heterocycles. The van der Waals surface area contributed by atoms with E-state index in [1.807, 2.05) is 0 Å². The number of hydrogen-bond acceptors (Lipinski definition) is 7. The molecule has 0 saturated heterocycles. The Bertz CT molecular complexity index is 1400. The third-order valence-electron chi connectivity index (χ3n) is 8.76. The van der Waals surface area contributed by atoms with Gasteiger partial charge in [-0.1, -0.05) is 29.0 Å². The molecule has 0 atom stereocenters. The minimum absolute atomic E-state index is 0.106. The Hall–Kier alpha value is -3.57. The van der Waals surface area contributed by atoms with Gasteiger partial charge < -0.3 is 13.9 Å². The van der Waals surface area contributed by atoms with Gasteiger partial charge in [0.2, 0.25) is 11.7 Å². The highest BCUT2D eigenvalue weighted by Crippen LogP contribution is 2.58. The molecular formula is C28H29F4N5O3. The first kappa shape index (κ1) is 26.6. The van der Waals surface area contributed by atoms with Crippen molar-refractivity contribution in [1.82, 2.24) is 20.3 Å². The number of halogens is 4. The molecule has 4 saturated carbocycles. The van der Waals surface area contributed by atoms with Crippen molar-refractivity contribution in [2.75, 3.05) is 18.1 Å². The number of anilines is 1. The van der Waals surface area contributed by atoms with Crippen LogP contribution in [0.3, 0.4) is 0 Å². The van der Waals surface area contributed by atoms with Crippen LogP contribution in [-0.2, 0) is 16.4 Å². The van der Waals surface area contributed by atoms with E-state index in [0.717, 1.165) is 63.1 Å². The molecule has 40 heavy (non-hydrogen) atoms. The van der Waals surface area contributed by atoms with Crippen molar-refractivity contribution in [1.29, 1.82) is 0 Å². The van der Waals surface area contributed by atoms with Gasteiger partial charge in [-0.15, -0.1) is 0 Å². The van der Waals surface area contributed by atoms with E-state index in [9.17, 15) is 22.4 Å². The first-order valence-electron chi connectivity index (χ1n) is 13.5. The number of amides is 1. The summed E-state index contributed by atoms with van der Waals surface area (Å²) in [6.45, 7) is 3.45. The predicted molar refractivity (Wildman–Crippen MR) is 135 cm³/mol. The molecule has 4 aliphatic carbocycles. The number of alkyl halides is 4. The maximum Gasteiger partial charge on any atom is 0.471 e. The number of carbonyl (C=O) groups excluding carboxylic acids is 1. The van der Waals surface area contributed by atoms with Crippen molar-refractivity contribution in [3.05, 3.63) is 54.0 Å². The van der Waals surface area contributed by atoms with Crippen LogP contribution in [0.25, 0.3) is 11.4 Å². The minimum atomic E-state index is -4.77. The Labute approximate surface area is 227 Å². The maximum absolute atomic E-state index is 13.5. The van der Waals surface area contributed by atoms with E-state index < -0.39 is 24.6 Å². The number of hydrogen-bond donors (Lipinski definition) is 0.